The Balaban J connectivity index is 1.68. The minimum Gasteiger partial charge on any atom is -0.381 e. The number of carbonyl (C=O) groups is 1. The summed E-state index contributed by atoms with van der Waals surface area (Å²) in [6, 6.07) is 4.37. The number of nitrogens with zero attached hydrogens (tertiary/aromatic N) is 3. The maximum Gasteiger partial charge on any atom is 0.255 e. The number of nitrogens with one attached hydrogen (secondary N) is 2. The lowest BCUT2D eigenvalue weighted by molar-refractivity contribution is 0.0935. The topological polar surface area (TPSA) is 71.8 Å². The number of anilines is 1. The summed E-state index contributed by atoms with van der Waals surface area (Å²) < 4.78 is 16.3. The lowest BCUT2D eigenvalue weighted by Gasteiger charge is -2.26. The number of amides is 1. The van der Waals surface area contributed by atoms with Gasteiger partial charge in [-0.05, 0) is 38.3 Å². The standard InChI is InChI=1S/C24H29ClFN5O/c1-3-21(17-11-10-15(25)12-20(17)26)30-24(32)19-13-27-23-18(14-28-31(23)4-2)22(19)29-16-8-6-5-7-9-16/h10-14,16,21H,3-9H2,1-2H3,(H,27,29)(H,30,32). The highest BCUT2D eigenvalue weighted by molar-refractivity contribution is 6.30. The van der Waals surface area contributed by atoms with Gasteiger partial charge in [0.05, 0.1) is 28.9 Å². The Morgan fingerprint density at radius 1 is 1.25 bits per heavy atom. The van der Waals surface area contributed by atoms with E-state index in [1.54, 1.807) is 24.5 Å². The molecule has 1 unspecified atom stereocenters. The number of carbonyl (C=O) groups excluding carboxylic acids is 1. The van der Waals surface area contributed by atoms with Crippen molar-refractivity contribution in [3.63, 3.8) is 0 Å². The summed E-state index contributed by atoms with van der Waals surface area (Å²) in [5.41, 5.74) is 2.37. The molecule has 1 aliphatic carbocycles. The normalized spacial score (nSPS) is 15.6. The molecule has 0 spiro atoms. The molecule has 0 bridgehead atoms. The molecule has 2 N–H and O–H groups in total. The van der Waals surface area contributed by atoms with Crippen LogP contribution in [0, 0.1) is 5.82 Å². The molecule has 0 aliphatic heterocycles. The average molecular weight is 458 g/mol. The van der Waals surface area contributed by atoms with Crippen LogP contribution in [0.25, 0.3) is 11.0 Å². The van der Waals surface area contributed by atoms with Crippen LogP contribution >= 0.6 is 11.6 Å². The third-order valence-electron chi connectivity index (χ3n) is 6.22. The van der Waals surface area contributed by atoms with Gasteiger partial charge in [-0.1, -0.05) is 43.9 Å². The second kappa shape index (κ2) is 9.86. The van der Waals surface area contributed by atoms with Gasteiger partial charge in [-0.3, -0.25) is 4.79 Å². The van der Waals surface area contributed by atoms with Gasteiger partial charge in [0.2, 0.25) is 0 Å². The lowest BCUT2D eigenvalue weighted by Crippen LogP contribution is -2.31. The summed E-state index contributed by atoms with van der Waals surface area (Å²) >= 11 is 5.90. The van der Waals surface area contributed by atoms with Crippen molar-refractivity contribution in [3.8, 4) is 0 Å². The van der Waals surface area contributed by atoms with E-state index in [1.807, 2.05) is 18.5 Å². The number of benzene rings is 1. The molecule has 6 nitrogen and oxygen atoms in total. The van der Waals surface area contributed by atoms with Crippen molar-refractivity contribution in [2.24, 2.45) is 0 Å². The molecule has 0 saturated heterocycles. The zero-order valence-electron chi connectivity index (χ0n) is 18.5. The Hall–Kier alpha value is -2.67. The van der Waals surface area contributed by atoms with E-state index in [2.05, 4.69) is 20.7 Å². The van der Waals surface area contributed by atoms with E-state index in [9.17, 15) is 9.18 Å². The average Bonchev–Trinajstić information content (AvgIpc) is 3.22. The molecule has 3 aromatic rings. The molecule has 4 rings (SSSR count). The number of aryl methyl sites for hydroxylation is 1. The molecule has 8 heteroatoms. The first-order chi connectivity index (χ1) is 15.5. The van der Waals surface area contributed by atoms with Crippen LogP contribution < -0.4 is 10.6 Å². The van der Waals surface area contributed by atoms with Crippen LogP contribution in [0.15, 0.2) is 30.6 Å². The Bertz CT molecular complexity index is 1110. The van der Waals surface area contributed by atoms with Crippen LogP contribution in [0.1, 0.15) is 74.3 Å². The molecule has 170 valence electrons. The maximum atomic E-state index is 14.5. The van der Waals surface area contributed by atoms with Gasteiger partial charge < -0.3 is 10.6 Å². The van der Waals surface area contributed by atoms with Gasteiger partial charge >= 0.3 is 0 Å². The summed E-state index contributed by atoms with van der Waals surface area (Å²) in [5, 5.41) is 12.2. The lowest BCUT2D eigenvalue weighted by atomic mass is 9.95. The first kappa shape index (κ1) is 22.5. The zero-order valence-corrected chi connectivity index (χ0v) is 19.3. The van der Waals surface area contributed by atoms with Crippen molar-refractivity contribution in [1.82, 2.24) is 20.1 Å². The Labute approximate surface area is 192 Å². The summed E-state index contributed by atoms with van der Waals surface area (Å²) in [6.07, 6.45) is 9.64. The number of pyridine rings is 1. The first-order valence-corrected chi connectivity index (χ1v) is 11.8. The number of fused-ring (bicyclic) bond motifs is 1. The molecule has 0 radical (unpaired) electrons. The fourth-order valence-corrected chi connectivity index (χ4v) is 4.62. The van der Waals surface area contributed by atoms with Crippen LogP contribution in [-0.2, 0) is 6.54 Å². The Morgan fingerprint density at radius 2 is 2.03 bits per heavy atom. The van der Waals surface area contributed by atoms with Gasteiger partial charge in [0, 0.05) is 29.4 Å². The Morgan fingerprint density at radius 3 is 2.72 bits per heavy atom. The van der Waals surface area contributed by atoms with Crippen molar-refractivity contribution in [2.75, 3.05) is 5.32 Å². The van der Waals surface area contributed by atoms with Gasteiger partial charge in [-0.2, -0.15) is 5.10 Å². The van der Waals surface area contributed by atoms with Crippen molar-refractivity contribution < 1.29 is 9.18 Å². The van der Waals surface area contributed by atoms with Crippen LogP contribution in [0.4, 0.5) is 10.1 Å². The zero-order chi connectivity index (χ0) is 22.7. The molecule has 1 fully saturated rings. The quantitative estimate of drug-likeness (QED) is 0.465. The molecule has 1 atom stereocenters. The smallest absolute Gasteiger partial charge is 0.255 e. The molecule has 1 saturated carbocycles. The molecular formula is C24H29ClFN5O. The third kappa shape index (κ3) is 4.58. The first-order valence-electron chi connectivity index (χ1n) is 11.4. The van der Waals surface area contributed by atoms with Gasteiger partial charge in [0.1, 0.15) is 5.82 Å². The highest BCUT2D eigenvalue weighted by Crippen LogP contribution is 2.31. The van der Waals surface area contributed by atoms with Crippen LogP contribution in [-0.4, -0.2) is 26.7 Å². The van der Waals surface area contributed by atoms with Crippen molar-refractivity contribution in [2.45, 2.75) is 71.0 Å². The van der Waals surface area contributed by atoms with E-state index in [-0.39, 0.29) is 5.91 Å². The summed E-state index contributed by atoms with van der Waals surface area (Å²) in [7, 11) is 0. The molecule has 2 aromatic heterocycles. The van der Waals surface area contributed by atoms with Gasteiger partial charge in [0.25, 0.3) is 5.91 Å². The van der Waals surface area contributed by atoms with Crippen molar-refractivity contribution >= 4 is 34.2 Å². The predicted molar refractivity (Wildman–Crippen MR) is 126 cm³/mol. The summed E-state index contributed by atoms with van der Waals surface area (Å²) in [4.78, 5) is 17.9. The van der Waals surface area contributed by atoms with E-state index >= 15 is 0 Å². The maximum absolute atomic E-state index is 14.5. The molecule has 1 aromatic carbocycles. The number of hydrogen-bond donors (Lipinski definition) is 2. The monoisotopic (exact) mass is 457 g/mol. The van der Waals surface area contributed by atoms with Gasteiger partial charge in [0.15, 0.2) is 5.65 Å². The van der Waals surface area contributed by atoms with E-state index in [0.29, 0.717) is 35.2 Å². The number of aromatic nitrogens is 3. The fraction of sp³-hybridized carbons (Fsp3) is 0.458. The second-order valence-corrected chi connectivity index (χ2v) is 8.76. The molecule has 1 aliphatic rings. The molecule has 32 heavy (non-hydrogen) atoms. The van der Waals surface area contributed by atoms with Gasteiger partial charge in [-0.25, -0.2) is 14.1 Å². The molecule has 1 amide bonds. The van der Waals surface area contributed by atoms with Crippen LogP contribution in [0.5, 0.6) is 0 Å². The summed E-state index contributed by atoms with van der Waals surface area (Å²) in [6.45, 7) is 4.61. The van der Waals surface area contributed by atoms with Crippen LogP contribution in [0.2, 0.25) is 5.02 Å². The fourth-order valence-electron chi connectivity index (χ4n) is 4.46. The predicted octanol–water partition coefficient (Wildman–Crippen LogP) is 5.87. The van der Waals surface area contributed by atoms with E-state index in [0.717, 1.165) is 29.6 Å². The minimum absolute atomic E-state index is 0.289. The third-order valence-corrected chi connectivity index (χ3v) is 6.45. The van der Waals surface area contributed by atoms with E-state index < -0.39 is 11.9 Å². The largest absolute Gasteiger partial charge is 0.381 e. The second-order valence-electron chi connectivity index (χ2n) is 8.32. The Kier molecular flexibility index (Phi) is 6.94. The molecule has 2 heterocycles. The van der Waals surface area contributed by atoms with E-state index in [1.165, 1.54) is 25.3 Å². The summed E-state index contributed by atoms with van der Waals surface area (Å²) in [5.74, 6) is -0.717. The minimum atomic E-state index is -0.476. The number of halogens is 2. The molecular weight excluding hydrogens is 429 g/mol. The van der Waals surface area contributed by atoms with Gasteiger partial charge in [-0.15, -0.1) is 0 Å². The SMILES string of the molecule is CCC(NC(=O)c1cnc2c(cnn2CC)c1NC1CCCCC1)c1ccc(Cl)cc1F. The number of rotatable bonds is 7. The van der Waals surface area contributed by atoms with Crippen molar-refractivity contribution in [3.05, 3.63) is 52.6 Å². The number of hydrogen-bond acceptors (Lipinski definition) is 4. The van der Waals surface area contributed by atoms with Crippen molar-refractivity contribution in [1.29, 1.82) is 0 Å². The highest BCUT2D eigenvalue weighted by Gasteiger charge is 2.24. The van der Waals surface area contributed by atoms with E-state index in [4.69, 9.17) is 11.6 Å². The highest BCUT2D eigenvalue weighted by atomic mass is 35.5. The van der Waals surface area contributed by atoms with Crippen LogP contribution in [0.3, 0.4) is 0 Å².